The second-order valence-corrected chi connectivity index (χ2v) is 5.81. The fourth-order valence-corrected chi connectivity index (χ4v) is 2.18. The molecule has 1 rings (SSSR count). The van der Waals surface area contributed by atoms with Crippen molar-refractivity contribution in [2.75, 3.05) is 0 Å². The molecule has 0 fully saturated rings. The van der Waals surface area contributed by atoms with Gasteiger partial charge in [0.05, 0.1) is 5.69 Å². The first-order valence-corrected chi connectivity index (χ1v) is 7.21. The molecule has 0 spiro atoms. The van der Waals surface area contributed by atoms with Gasteiger partial charge in [0, 0.05) is 18.4 Å². The molecule has 18 heavy (non-hydrogen) atoms. The molecule has 3 nitrogen and oxygen atoms in total. The van der Waals surface area contributed by atoms with Crippen molar-refractivity contribution in [3.8, 4) is 5.75 Å². The molecule has 0 amide bonds. The molecule has 1 N–H and O–H groups in total. The van der Waals surface area contributed by atoms with E-state index in [1.165, 1.54) is 0 Å². The lowest BCUT2D eigenvalue weighted by atomic mass is 9.99. The highest BCUT2D eigenvalue weighted by molar-refractivity contribution is 5.36. The van der Waals surface area contributed by atoms with E-state index in [-0.39, 0.29) is 0 Å². The van der Waals surface area contributed by atoms with Gasteiger partial charge in [-0.25, -0.2) is 0 Å². The van der Waals surface area contributed by atoms with Gasteiger partial charge in [0.25, 0.3) is 0 Å². The van der Waals surface area contributed by atoms with E-state index >= 15 is 0 Å². The molecule has 3 heteroatoms. The van der Waals surface area contributed by atoms with Crippen molar-refractivity contribution in [3.63, 3.8) is 0 Å². The minimum absolute atomic E-state index is 0.321. The second kappa shape index (κ2) is 6.26. The first-order valence-electron chi connectivity index (χ1n) is 7.21. The lowest BCUT2D eigenvalue weighted by Gasteiger charge is -2.14. The maximum absolute atomic E-state index is 10.4. The number of hydrogen-bond acceptors (Lipinski definition) is 2. The Morgan fingerprint density at radius 1 is 1.06 bits per heavy atom. The monoisotopic (exact) mass is 252 g/mol. The van der Waals surface area contributed by atoms with Gasteiger partial charge in [-0.3, -0.25) is 4.68 Å². The fraction of sp³-hybridized carbons (Fsp3) is 0.800. The number of aromatic hydroxyl groups is 1. The third-order valence-electron chi connectivity index (χ3n) is 3.69. The molecule has 1 aromatic rings. The summed E-state index contributed by atoms with van der Waals surface area (Å²) < 4.78 is 2.02. The molecule has 0 saturated carbocycles. The average molecular weight is 252 g/mol. The molecule has 1 aromatic heterocycles. The standard InChI is InChI=1S/C15H28N2O/c1-7-11(5)13-15(18)14(12(6)8-2)17(16-13)9-10(3)4/h10-12,18H,7-9H2,1-6H3. The summed E-state index contributed by atoms with van der Waals surface area (Å²) in [7, 11) is 0. The van der Waals surface area contributed by atoms with Gasteiger partial charge in [0.1, 0.15) is 5.69 Å². The molecule has 0 aliphatic carbocycles. The van der Waals surface area contributed by atoms with Gasteiger partial charge < -0.3 is 5.11 Å². The van der Waals surface area contributed by atoms with Gasteiger partial charge in [-0.15, -0.1) is 0 Å². The third kappa shape index (κ3) is 3.06. The summed E-state index contributed by atoms with van der Waals surface area (Å²) in [5.74, 6) is 1.64. The lowest BCUT2D eigenvalue weighted by Crippen LogP contribution is -2.11. The van der Waals surface area contributed by atoms with Crippen molar-refractivity contribution in [1.82, 2.24) is 9.78 Å². The Morgan fingerprint density at radius 3 is 2.06 bits per heavy atom. The summed E-state index contributed by atoms with van der Waals surface area (Å²) in [6.07, 6.45) is 2.03. The molecule has 0 radical (unpaired) electrons. The minimum atomic E-state index is 0.321. The maximum atomic E-state index is 10.4. The largest absolute Gasteiger partial charge is 0.504 e. The summed E-state index contributed by atoms with van der Waals surface area (Å²) >= 11 is 0. The van der Waals surface area contributed by atoms with Crippen LogP contribution in [0.3, 0.4) is 0 Å². The highest BCUT2D eigenvalue weighted by atomic mass is 16.3. The van der Waals surface area contributed by atoms with E-state index in [9.17, 15) is 5.11 Å². The van der Waals surface area contributed by atoms with Crippen molar-refractivity contribution in [3.05, 3.63) is 11.4 Å². The van der Waals surface area contributed by atoms with Gasteiger partial charge in [0.2, 0.25) is 0 Å². The van der Waals surface area contributed by atoms with Gasteiger partial charge in [0.15, 0.2) is 5.75 Å². The molecule has 104 valence electrons. The average Bonchev–Trinajstić information content (AvgIpc) is 2.63. The Labute approximate surface area is 111 Å². The predicted molar refractivity (Wildman–Crippen MR) is 76.1 cm³/mol. The van der Waals surface area contributed by atoms with Crippen LogP contribution in [0.5, 0.6) is 5.75 Å². The number of aromatic nitrogens is 2. The SMILES string of the molecule is CCC(C)c1nn(CC(C)C)c(C(C)CC)c1O. The molecule has 0 saturated heterocycles. The Balaban J connectivity index is 3.22. The van der Waals surface area contributed by atoms with Crippen LogP contribution in [0.1, 0.15) is 77.6 Å². The van der Waals surface area contributed by atoms with Crippen molar-refractivity contribution < 1.29 is 5.11 Å². The van der Waals surface area contributed by atoms with Crippen LogP contribution >= 0.6 is 0 Å². The molecule has 0 aliphatic rings. The first-order chi connectivity index (χ1) is 8.42. The van der Waals surface area contributed by atoms with Crippen molar-refractivity contribution in [2.24, 2.45) is 5.92 Å². The second-order valence-electron chi connectivity index (χ2n) is 5.81. The van der Waals surface area contributed by atoms with Crippen LogP contribution in [-0.2, 0) is 6.54 Å². The van der Waals surface area contributed by atoms with Gasteiger partial charge in [-0.05, 0) is 18.8 Å². The van der Waals surface area contributed by atoms with E-state index in [1.807, 2.05) is 4.68 Å². The number of rotatable bonds is 6. The topological polar surface area (TPSA) is 38.0 Å². The Morgan fingerprint density at radius 2 is 1.61 bits per heavy atom. The summed E-state index contributed by atoms with van der Waals surface area (Å²) in [6, 6.07) is 0. The Bertz CT molecular complexity index is 382. The van der Waals surface area contributed by atoms with E-state index in [4.69, 9.17) is 0 Å². The van der Waals surface area contributed by atoms with Crippen LogP contribution in [0.15, 0.2) is 0 Å². The van der Waals surface area contributed by atoms with E-state index in [0.717, 1.165) is 30.8 Å². The molecule has 0 aromatic carbocycles. The quantitative estimate of drug-likeness (QED) is 0.821. The van der Waals surface area contributed by atoms with Gasteiger partial charge >= 0.3 is 0 Å². The highest BCUT2D eigenvalue weighted by Gasteiger charge is 2.23. The molecule has 2 atom stereocenters. The third-order valence-corrected chi connectivity index (χ3v) is 3.69. The summed E-state index contributed by atoms with van der Waals surface area (Å²) in [4.78, 5) is 0. The van der Waals surface area contributed by atoms with Gasteiger partial charge in [-0.1, -0.05) is 41.5 Å². The molecular formula is C15H28N2O. The van der Waals surface area contributed by atoms with E-state index in [2.05, 4.69) is 46.6 Å². The minimum Gasteiger partial charge on any atom is -0.504 e. The predicted octanol–water partition coefficient (Wildman–Crippen LogP) is 4.27. The summed E-state index contributed by atoms with van der Waals surface area (Å²) in [5, 5.41) is 15.1. The molecule has 0 bridgehead atoms. The molecule has 0 aliphatic heterocycles. The van der Waals surface area contributed by atoms with Crippen molar-refractivity contribution in [2.45, 2.75) is 72.8 Å². The zero-order valence-electron chi connectivity index (χ0n) is 12.7. The van der Waals surface area contributed by atoms with E-state index in [1.54, 1.807) is 0 Å². The number of nitrogens with zero attached hydrogens (tertiary/aromatic N) is 2. The first kappa shape index (κ1) is 15.1. The lowest BCUT2D eigenvalue weighted by molar-refractivity contribution is 0.429. The zero-order chi connectivity index (χ0) is 13.9. The van der Waals surface area contributed by atoms with Crippen LogP contribution in [0.4, 0.5) is 0 Å². The Hall–Kier alpha value is -0.990. The molecule has 2 unspecified atom stereocenters. The van der Waals surface area contributed by atoms with Crippen LogP contribution in [0.2, 0.25) is 0 Å². The van der Waals surface area contributed by atoms with Gasteiger partial charge in [-0.2, -0.15) is 5.10 Å². The molecule has 1 heterocycles. The van der Waals surface area contributed by atoms with Crippen LogP contribution in [0, 0.1) is 5.92 Å². The summed E-state index contributed by atoms with van der Waals surface area (Å²) in [6.45, 7) is 13.8. The fourth-order valence-electron chi connectivity index (χ4n) is 2.18. The van der Waals surface area contributed by atoms with E-state index in [0.29, 0.717) is 23.5 Å². The smallest absolute Gasteiger partial charge is 0.160 e. The maximum Gasteiger partial charge on any atom is 0.160 e. The normalized spacial score (nSPS) is 15.1. The highest BCUT2D eigenvalue weighted by Crippen LogP contribution is 2.35. The van der Waals surface area contributed by atoms with Crippen molar-refractivity contribution >= 4 is 0 Å². The Kier molecular flexibility index (Phi) is 5.24. The number of hydrogen-bond donors (Lipinski definition) is 1. The summed E-state index contributed by atoms with van der Waals surface area (Å²) in [5.41, 5.74) is 1.88. The van der Waals surface area contributed by atoms with Crippen LogP contribution in [0.25, 0.3) is 0 Å². The molecular weight excluding hydrogens is 224 g/mol. The van der Waals surface area contributed by atoms with Crippen LogP contribution in [-0.4, -0.2) is 14.9 Å². The van der Waals surface area contributed by atoms with Crippen LogP contribution < -0.4 is 0 Å². The van der Waals surface area contributed by atoms with E-state index < -0.39 is 0 Å². The zero-order valence-corrected chi connectivity index (χ0v) is 12.7. The van der Waals surface area contributed by atoms with Crippen molar-refractivity contribution in [1.29, 1.82) is 0 Å².